The molecule has 2 heterocycles. The van der Waals surface area contributed by atoms with Gasteiger partial charge in [0.25, 0.3) is 0 Å². The lowest BCUT2D eigenvalue weighted by Gasteiger charge is -2.23. The van der Waals surface area contributed by atoms with Crippen molar-refractivity contribution in [1.82, 2.24) is 4.98 Å². The molecule has 1 aromatic carbocycles. The first-order valence-electron chi connectivity index (χ1n) is 6.37. The number of hydrogen-bond acceptors (Lipinski definition) is 4. The van der Waals surface area contributed by atoms with Gasteiger partial charge in [-0.05, 0) is 43.2 Å². The molecule has 1 unspecified atom stereocenters. The van der Waals surface area contributed by atoms with E-state index in [4.69, 9.17) is 11.5 Å². The zero-order valence-corrected chi connectivity index (χ0v) is 10.5. The minimum Gasteiger partial charge on any atom is -0.399 e. The second-order valence-electron chi connectivity index (χ2n) is 4.88. The van der Waals surface area contributed by atoms with E-state index < -0.39 is 0 Å². The van der Waals surface area contributed by atoms with E-state index in [-0.39, 0.29) is 11.9 Å². The number of aromatic nitrogens is 1. The SMILES string of the molecule is NC(=O)C1CCCN1c1ccc2cc(N)ccc2n1. The Morgan fingerprint density at radius 1 is 1.32 bits per heavy atom. The molecule has 0 bridgehead atoms. The zero-order valence-electron chi connectivity index (χ0n) is 10.5. The van der Waals surface area contributed by atoms with Crippen LogP contribution in [0.1, 0.15) is 12.8 Å². The van der Waals surface area contributed by atoms with Crippen LogP contribution >= 0.6 is 0 Å². The van der Waals surface area contributed by atoms with Gasteiger partial charge < -0.3 is 16.4 Å². The number of nitrogen functional groups attached to an aromatic ring is 1. The van der Waals surface area contributed by atoms with Crippen LogP contribution in [0.2, 0.25) is 0 Å². The van der Waals surface area contributed by atoms with E-state index in [1.54, 1.807) is 0 Å². The van der Waals surface area contributed by atoms with Gasteiger partial charge >= 0.3 is 0 Å². The number of carbonyl (C=O) groups is 1. The number of fused-ring (bicyclic) bond motifs is 1. The van der Waals surface area contributed by atoms with Gasteiger partial charge in [-0.2, -0.15) is 0 Å². The minimum absolute atomic E-state index is 0.237. The first-order chi connectivity index (χ1) is 9.15. The number of primary amides is 1. The molecule has 19 heavy (non-hydrogen) atoms. The fourth-order valence-corrected chi connectivity index (χ4v) is 2.63. The van der Waals surface area contributed by atoms with E-state index in [2.05, 4.69) is 4.98 Å². The van der Waals surface area contributed by atoms with Crippen molar-refractivity contribution in [1.29, 1.82) is 0 Å². The van der Waals surface area contributed by atoms with Gasteiger partial charge in [0.15, 0.2) is 0 Å². The molecule has 1 aliphatic heterocycles. The highest BCUT2D eigenvalue weighted by Gasteiger charge is 2.29. The summed E-state index contributed by atoms with van der Waals surface area (Å²) in [5, 5.41) is 0.999. The molecular weight excluding hydrogens is 240 g/mol. The summed E-state index contributed by atoms with van der Waals surface area (Å²) >= 11 is 0. The summed E-state index contributed by atoms with van der Waals surface area (Å²) in [4.78, 5) is 18.0. The summed E-state index contributed by atoms with van der Waals surface area (Å²) in [6.45, 7) is 0.821. The van der Waals surface area contributed by atoms with Crippen LogP contribution in [0.25, 0.3) is 10.9 Å². The van der Waals surface area contributed by atoms with E-state index in [1.807, 2.05) is 35.2 Å². The summed E-state index contributed by atoms with van der Waals surface area (Å²) in [6, 6.07) is 9.27. The van der Waals surface area contributed by atoms with E-state index in [0.29, 0.717) is 0 Å². The number of nitrogens with two attached hydrogens (primary N) is 2. The smallest absolute Gasteiger partial charge is 0.240 e. The Morgan fingerprint density at radius 2 is 2.16 bits per heavy atom. The van der Waals surface area contributed by atoms with Gasteiger partial charge in [-0.25, -0.2) is 4.98 Å². The fraction of sp³-hybridized carbons (Fsp3) is 0.286. The summed E-state index contributed by atoms with van der Waals surface area (Å²) in [5.41, 5.74) is 12.8. The maximum atomic E-state index is 11.4. The molecule has 0 radical (unpaired) electrons. The molecule has 1 fully saturated rings. The molecule has 2 aromatic rings. The lowest BCUT2D eigenvalue weighted by Crippen LogP contribution is -2.40. The number of hydrogen-bond donors (Lipinski definition) is 2. The van der Waals surface area contributed by atoms with Crippen LogP contribution in [0.15, 0.2) is 30.3 Å². The molecule has 4 N–H and O–H groups in total. The highest BCUT2D eigenvalue weighted by atomic mass is 16.1. The predicted molar refractivity (Wildman–Crippen MR) is 75.7 cm³/mol. The maximum Gasteiger partial charge on any atom is 0.240 e. The van der Waals surface area contributed by atoms with Crippen molar-refractivity contribution in [2.24, 2.45) is 5.73 Å². The number of amides is 1. The third-order valence-corrected chi connectivity index (χ3v) is 3.57. The Labute approximate surface area is 111 Å². The molecule has 1 atom stereocenters. The molecule has 1 aromatic heterocycles. The molecule has 5 nitrogen and oxygen atoms in total. The van der Waals surface area contributed by atoms with Gasteiger partial charge in [0.1, 0.15) is 11.9 Å². The predicted octanol–water partition coefficient (Wildman–Crippen LogP) is 1.27. The molecule has 1 saturated heterocycles. The van der Waals surface area contributed by atoms with Crippen LogP contribution in [-0.4, -0.2) is 23.5 Å². The van der Waals surface area contributed by atoms with Crippen molar-refractivity contribution < 1.29 is 4.79 Å². The molecule has 98 valence electrons. The number of anilines is 2. The van der Waals surface area contributed by atoms with Crippen LogP contribution in [0.5, 0.6) is 0 Å². The molecule has 0 spiro atoms. The van der Waals surface area contributed by atoms with Crippen molar-refractivity contribution in [3.63, 3.8) is 0 Å². The molecular formula is C14H16N4O. The van der Waals surface area contributed by atoms with E-state index in [0.717, 1.165) is 41.8 Å². The average molecular weight is 256 g/mol. The lowest BCUT2D eigenvalue weighted by atomic mass is 10.2. The normalized spacial score (nSPS) is 18.9. The van der Waals surface area contributed by atoms with E-state index in [1.165, 1.54) is 0 Å². The molecule has 3 rings (SSSR count). The Kier molecular flexibility index (Phi) is 2.74. The van der Waals surface area contributed by atoms with Crippen LogP contribution in [-0.2, 0) is 4.79 Å². The molecule has 1 amide bonds. The second kappa shape index (κ2) is 4.42. The van der Waals surface area contributed by atoms with Gasteiger partial charge in [0.2, 0.25) is 5.91 Å². The Bertz CT molecular complexity index is 640. The third kappa shape index (κ3) is 2.07. The first-order valence-corrected chi connectivity index (χ1v) is 6.37. The number of pyridine rings is 1. The third-order valence-electron chi connectivity index (χ3n) is 3.57. The lowest BCUT2D eigenvalue weighted by molar-refractivity contribution is -0.119. The quantitative estimate of drug-likeness (QED) is 0.792. The summed E-state index contributed by atoms with van der Waals surface area (Å²) in [5.74, 6) is 0.523. The minimum atomic E-state index is -0.281. The molecule has 5 heteroatoms. The van der Waals surface area contributed by atoms with Crippen molar-refractivity contribution in [2.75, 3.05) is 17.2 Å². The van der Waals surface area contributed by atoms with E-state index in [9.17, 15) is 4.79 Å². The van der Waals surface area contributed by atoms with Crippen molar-refractivity contribution in [3.05, 3.63) is 30.3 Å². The highest BCUT2D eigenvalue weighted by Crippen LogP contribution is 2.26. The van der Waals surface area contributed by atoms with Crippen LogP contribution in [0.3, 0.4) is 0 Å². The monoisotopic (exact) mass is 256 g/mol. The number of nitrogens with zero attached hydrogens (tertiary/aromatic N) is 2. The highest BCUT2D eigenvalue weighted by molar-refractivity contribution is 5.86. The van der Waals surface area contributed by atoms with Crippen LogP contribution < -0.4 is 16.4 Å². The fourth-order valence-electron chi connectivity index (χ4n) is 2.63. The van der Waals surface area contributed by atoms with Crippen LogP contribution in [0, 0.1) is 0 Å². The maximum absolute atomic E-state index is 11.4. The van der Waals surface area contributed by atoms with Crippen molar-refractivity contribution >= 4 is 28.3 Å². The largest absolute Gasteiger partial charge is 0.399 e. The van der Waals surface area contributed by atoms with Gasteiger partial charge in [-0.3, -0.25) is 4.79 Å². The van der Waals surface area contributed by atoms with Gasteiger partial charge in [-0.1, -0.05) is 0 Å². The van der Waals surface area contributed by atoms with Crippen molar-refractivity contribution in [3.8, 4) is 0 Å². The first kappa shape index (κ1) is 11.8. The zero-order chi connectivity index (χ0) is 13.4. The summed E-state index contributed by atoms with van der Waals surface area (Å²) < 4.78 is 0. The van der Waals surface area contributed by atoms with Crippen molar-refractivity contribution in [2.45, 2.75) is 18.9 Å². The number of carbonyl (C=O) groups excluding carboxylic acids is 1. The second-order valence-corrected chi connectivity index (χ2v) is 4.88. The number of benzene rings is 1. The van der Waals surface area contributed by atoms with Crippen LogP contribution in [0.4, 0.5) is 11.5 Å². The van der Waals surface area contributed by atoms with Gasteiger partial charge in [-0.15, -0.1) is 0 Å². The summed E-state index contributed by atoms with van der Waals surface area (Å²) in [6.07, 6.45) is 1.77. The van der Waals surface area contributed by atoms with Gasteiger partial charge in [0.05, 0.1) is 5.52 Å². The Balaban J connectivity index is 2.01. The Hall–Kier alpha value is -2.30. The summed E-state index contributed by atoms with van der Waals surface area (Å²) in [7, 11) is 0. The molecule has 0 aliphatic carbocycles. The molecule has 0 saturated carbocycles. The topological polar surface area (TPSA) is 85.2 Å². The molecule has 1 aliphatic rings. The van der Waals surface area contributed by atoms with Gasteiger partial charge in [0, 0.05) is 17.6 Å². The number of rotatable bonds is 2. The standard InChI is InChI=1S/C14H16N4O/c15-10-4-5-11-9(8-10)3-6-13(17-11)18-7-1-2-12(18)14(16)19/h3-6,8,12H,1-2,7,15H2,(H2,16,19). The van der Waals surface area contributed by atoms with E-state index >= 15 is 0 Å². The Morgan fingerprint density at radius 3 is 2.95 bits per heavy atom. The average Bonchev–Trinajstić information content (AvgIpc) is 2.87.